The zero-order chi connectivity index (χ0) is 18.5. The maximum Gasteiger partial charge on any atom is 0.137 e. The van der Waals surface area contributed by atoms with Gasteiger partial charge in [-0.3, -0.25) is 10.00 Å². The average Bonchev–Trinajstić information content (AvgIpc) is 3.12. The molecule has 0 radical (unpaired) electrons. The maximum atomic E-state index is 6.39. The summed E-state index contributed by atoms with van der Waals surface area (Å²) in [7, 11) is 0. The van der Waals surface area contributed by atoms with Gasteiger partial charge in [-0.2, -0.15) is 5.10 Å². The molecule has 0 aliphatic carbocycles. The Bertz CT molecular complexity index is 932. The van der Waals surface area contributed by atoms with Crippen molar-refractivity contribution in [1.29, 1.82) is 0 Å². The molecule has 2 heterocycles. The molecule has 0 amide bonds. The van der Waals surface area contributed by atoms with E-state index in [-0.39, 0.29) is 0 Å². The molecule has 6 heteroatoms. The van der Waals surface area contributed by atoms with Crippen molar-refractivity contribution in [2.75, 3.05) is 39.5 Å². The number of nitrogens with one attached hydrogen (secondary N) is 1. The summed E-state index contributed by atoms with van der Waals surface area (Å²) in [4.78, 5) is 2.34. The molecule has 1 aliphatic heterocycles. The van der Waals surface area contributed by atoms with Crippen molar-refractivity contribution in [3.63, 3.8) is 0 Å². The summed E-state index contributed by atoms with van der Waals surface area (Å²) in [5.74, 6) is 0.715. The average molecular weight is 384 g/mol. The monoisotopic (exact) mass is 383 g/mol. The molecule has 0 unspecified atom stereocenters. The van der Waals surface area contributed by atoms with Crippen molar-refractivity contribution in [1.82, 2.24) is 15.1 Å². The molecule has 0 saturated carbocycles. The Hall–Kier alpha value is -2.34. The van der Waals surface area contributed by atoms with Crippen LogP contribution in [0.4, 0.5) is 0 Å². The number of H-pyrrole nitrogens is 1. The largest absolute Gasteiger partial charge is 0.491 e. The van der Waals surface area contributed by atoms with Gasteiger partial charge in [0.2, 0.25) is 0 Å². The van der Waals surface area contributed by atoms with E-state index >= 15 is 0 Å². The van der Waals surface area contributed by atoms with Crippen molar-refractivity contribution in [3.8, 4) is 5.75 Å². The first-order chi connectivity index (χ1) is 13.3. The summed E-state index contributed by atoms with van der Waals surface area (Å²) in [6, 6.07) is 13.9. The number of rotatable bonds is 6. The zero-order valence-electron chi connectivity index (χ0n) is 15.0. The molecule has 1 N–H and O–H groups in total. The summed E-state index contributed by atoms with van der Waals surface area (Å²) in [6.07, 6.45) is 4.00. The molecule has 0 atom stereocenters. The first-order valence-corrected chi connectivity index (χ1v) is 9.51. The van der Waals surface area contributed by atoms with Crippen LogP contribution in [0.1, 0.15) is 11.3 Å². The fourth-order valence-corrected chi connectivity index (χ4v) is 3.38. The highest BCUT2D eigenvalue weighted by Crippen LogP contribution is 2.26. The molecule has 0 bridgehead atoms. The lowest BCUT2D eigenvalue weighted by molar-refractivity contribution is 0.0322. The van der Waals surface area contributed by atoms with Crippen LogP contribution in [0.15, 0.2) is 42.5 Å². The Kier molecular flexibility index (Phi) is 5.72. The molecular weight excluding hydrogens is 362 g/mol. The van der Waals surface area contributed by atoms with Crippen LogP contribution in [-0.2, 0) is 4.74 Å². The highest BCUT2D eigenvalue weighted by Gasteiger charge is 2.10. The Labute approximate surface area is 163 Å². The van der Waals surface area contributed by atoms with E-state index in [4.69, 9.17) is 21.1 Å². The van der Waals surface area contributed by atoms with E-state index < -0.39 is 0 Å². The Balaban J connectivity index is 1.37. The first kappa shape index (κ1) is 18.0. The molecule has 5 nitrogen and oxygen atoms in total. The molecular formula is C21H22ClN3O2. The van der Waals surface area contributed by atoms with Gasteiger partial charge in [-0.1, -0.05) is 41.9 Å². The summed E-state index contributed by atoms with van der Waals surface area (Å²) in [5.41, 5.74) is 2.94. The number of halogens is 1. The van der Waals surface area contributed by atoms with Gasteiger partial charge in [0.25, 0.3) is 0 Å². The molecule has 140 valence electrons. The number of aromatic amines is 1. The van der Waals surface area contributed by atoms with E-state index in [1.165, 1.54) is 0 Å². The van der Waals surface area contributed by atoms with Gasteiger partial charge in [0.15, 0.2) is 0 Å². The van der Waals surface area contributed by atoms with E-state index in [1.807, 2.05) is 48.6 Å². The van der Waals surface area contributed by atoms with Crippen molar-refractivity contribution in [2.24, 2.45) is 0 Å². The lowest BCUT2D eigenvalue weighted by Gasteiger charge is -2.26. The second kappa shape index (κ2) is 8.57. The molecule has 1 fully saturated rings. The minimum atomic E-state index is 0.617. The minimum absolute atomic E-state index is 0.617. The smallest absolute Gasteiger partial charge is 0.137 e. The second-order valence-electron chi connectivity index (χ2n) is 6.48. The summed E-state index contributed by atoms with van der Waals surface area (Å²) >= 11 is 6.39. The SMILES string of the molecule is Clc1cc(/C=C/c2n[nH]c3ccccc23)ccc1OCCN1CCOCC1. The first-order valence-electron chi connectivity index (χ1n) is 9.13. The van der Waals surface area contributed by atoms with Crippen LogP contribution in [0.5, 0.6) is 5.75 Å². The second-order valence-corrected chi connectivity index (χ2v) is 6.89. The van der Waals surface area contributed by atoms with Crippen LogP contribution >= 0.6 is 11.6 Å². The molecule has 1 saturated heterocycles. The molecule has 4 rings (SSSR count). The Morgan fingerprint density at radius 1 is 1.15 bits per heavy atom. The van der Waals surface area contributed by atoms with Gasteiger partial charge in [-0.15, -0.1) is 0 Å². The highest BCUT2D eigenvalue weighted by molar-refractivity contribution is 6.32. The predicted octanol–water partition coefficient (Wildman–Crippen LogP) is 4.10. The topological polar surface area (TPSA) is 50.4 Å². The molecule has 0 spiro atoms. The number of aromatic nitrogens is 2. The summed E-state index contributed by atoms with van der Waals surface area (Å²) < 4.78 is 11.2. The van der Waals surface area contributed by atoms with Gasteiger partial charge >= 0.3 is 0 Å². The Morgan fingerprint density at radius 2 is 2.00 bits per heavy atom. The van der Waals surface area contributed by atoms with E-state index in [1.54, 1.807) is 0 Å². The zero-order valence-corrected chi connectivity index (χ0v) is 15.8. The van der Waals surface area contributed by atoms with Crippen molar-refractivity contribution >= 4 is 34.7 Å². The third-order valence-corrected chi connectivity index (χ3v) is 4.95. The number of morpholine rings is 1. The van der Waals surface area contributed by atoms with Crippen LogP contribution in [0.3, 0.4) is 0 Å². The predicted molar refractivity (Wildman–Crippen MR) is 109 cm³/mol. The lowest BCUT2D eigenvalue weighted by Crippen LogP contribution is -2.38. The van der Waals surface area contributed by atoms with Gasteiger partial charge in [0.05, 0.1) is 29.4 Å². The number of benzene rings is 2. The fraction of sp³-hybridized carbons (Fsp3) is 0.286. The van der Waals surface area contributed by atoms with E-state index in [0.29, 0.717) is 17.4 Å². The molecule has 1 aliphatic rings. The third-order valence-electron chi connectivity index (χ3n) is 4.66. The number of hydrogen-bond donors (Lipinski definition) is 1. The number of para-hydroxylation sites is 1. The number of fused-ring (bicyclic) bond motifs is 1. The highest BCUT2D eigenvalue weighted by atomic mass is 35.5. The third kappa shape index (κ3) is 4.50. The van der Waals surface area contributed by atoms with Gasteiger partial charge < -0.3 is 9.47 Å². The molecule has 3 aromatic rings. The van der Waals surface area contributed by atoms with Crippen LogP contribution in [0.25, 0.3) is 23.1 Å². The van der Waals surface area contributed by atoms with Gasteiger partial charge in [0.1, 0.15) is 12.4 Å². The van der Waals surface area contributed by atoms with Gasteiger partial charge in [-0.05, 0) is 29.8 Å². The van der Waals surface area contributed by atoms with Crippen LogP contribution in [0.2, 0.25) is 5.02 Å². The van der Waals surface area contributed by atoms with Gasteiger partial charge in [0, 0.05) is 25.0 Å². The van der Waals surface area contributed by atoms with Crippen molar-refractivity contribution in [3.05, 3.63) is 58.7 Å². The van der Waals surface area contributed by atoms with E-state index in [0.717, 1.165) is 55.0 Å². The number of hydrogen-bond acceptors (Lipinski definition) is 4. The van der Waals surface area contributed by atoms with Crippen LogP contribution in [-0.4, -0.2) is 54.6 Å². The maximum absolute atomic E-state index is 6.39. The molecule has 1 aromatic heterocycles. The fourth-order valence-electron chi connectivity index (χ4n) is 3.13. The summed E-state index contributed by atoms with van der Waals surface area (Å²) in [5, 5.41) is 9.10. The molecule has 27 heavy (non-hydrogen) atoms. The Morgan fingerprint density at radius 3 is 2.85 bits per heavy atom. The van der Waals surface area contributed by atoms with E-state index in [9.17, 15) is 0 Å². The lowest BCUT2D eigenvalue weighted by atomic mass is 10.1. The van der Waals surface area contributed by atoms with Crippen molar-refractivity contribution < 1.29 is 9.47 Å². The standard InChI is InChI=1S/C21H22ClN3O2/c22-18-15-16(5-7-20-17-3-1-2-4-19(17)23-24-20)6-8-21(18)27-14-11-25-9-12-26-13-10-25/h1-8,15H,9-14H2,(H,23,24)/b7-5+. The van der Waals surface area contributed by atoms with Crippen LogP contribution in [0, 0.1) is 0 Å². The minimum Gasteiger partial charge on any atom is -0.491 e. The quantitative estimate of drug-likeness (QED) is 0.696. The van der Waals surface area contributed by atoms with Crippen molar-refractivity contribution in [2.45, 2.75) is 0 Å². The molecule has 2 aromatic carbocycles. The van der Waals surface area contributed by atoms with Gasteiger partial charge in [-0.25, -0.2) is 0 Å². The number of ether oxygens (including phenoxy) is 2. The van der Waals surface area contributed by atoms with Crippen LogP contribution < -0.4 is 4.74 Å². The normalized spacial score (nSPS) is 15.6. The number of nitrogens with zero attached hydrogens (tertiary/aromatic N) is 2. The van der Waals surface area contributed by atoms with E-state index in [2.05, 4.69) is 21.2 Å². The summed E-state index contributed by atoms with van der Waals surface area (Å²) in [6.45, 7) is 5.02.